The lowest BCUT2D eigenvalue weighted by Crippen LogP contribution is -2.66. The number of hydrogen-bond donors (Lipinski definition) is 0. The second kappa shape index (κ2) is 4.57. The van der Waals surface area contributed by atoms with E-state index < -0.39 is 0 Å². The van der Waals surface area contributed by atoms with Gasteiger partial charge in [0.15, 0.2) is 0 Å². The van der Waals surface area contributed by atoms with Crippen LogP contribution in [0.1, 0.15) is 0 Å². The van der Waals surface area contributed by atoms with Gasteiger partial charge in [-0.2, -0.15) is 0 Å². The minimum absolute atomic E-state index is 0.476. The van der Waals surface area contributed by atoms with Crippen LogP contribution < -0.4 is 0 Å². The molecule has 0 spiro atoms. The van der Waals surface area contributed by atoms with Gasteiger partial charge in [-0.05, 0) is 42.3 Å². The average molecular weight is 200 g/mol. The van der Waals surface area contributed by atoms with E-state index in [-0.39, 0.29) is 0 Å². The lowest BCUT2D eigenvalue weighted by Gasteiger charge is -2.50. The topological polar surface area (TPSA) is 13.0 Å². The quantitative estimate of drug-likeness (QED) is 0.603. The second-order valence-electron chi connectivity index (χ2n) is 4.72. The van der Waals surface area contributed by atoms with Crippen LogP contribution in [0, 0.1) is 0 Å². The molecule has 0 unspecified atom stereocenters. The zero-order chi connectivity index (χ0) is 10.9. The van der Waals surface area contributed by atoms with E-state index in [1.54, 1.807) is 0 Å². The highest BCUT2D eigenvalue weighted by molar-refractivity contribution is 4.85. The van der Waals surface area contributed by atoms with E-state index in [1.807, 2.05) is 0 Å². The van der Waals surface area contributed by atoms with Gasteiger partial charge in [0.1, 0.15) is 0 Å². The maximum Gasteiger partial charge on any atom is 0.0914 e. The Morgan fingerprint density at radius 3 is 1.29 bits per heavy atom. The summed E-state index contributed by atoms with van der Waals surface area (Å²) in [4.78, 5) is 9.43. The molecule has 4 nitrogen and oxygen atoms in total. The highest BCUT2D eigenvalue weighted by Crippen LogP contribution is 2.17. The molecule has 1 aliphatic rings. The van der Waals surface area contributed by atoms with Gasteiger partial charge in [-0.3, -0.25) is 19.6 Å². The fourth-order valence-electron chi connectivity index (χ4n) is 2.36. The predicted molar refractivity (Wildman–Crippen MR) is 60.2 cm³/mol. The van der Waals surface area contributed by atoms with Crippen LogP contribution in [0.3, 0.4) is 0 Å². The van der Waals surface area contributed by atoms with Crippen LogP contribution in [0.25, 0.3) is 0 Å². The molecular weight excluding hydrogens is 176 g/mol. The van der Waals surface area contributed by atoms with Crippen molar-refractivity contribution in [3.8, 4) is 0 Å². The van der Waals surface area contributed by atoms with E-state index in [1.165, 1.54) is 0 Å². The molecule has 0 amide bonds. The van der Waals surface area contributed by atoms with Gasteiger partial charge < -0.3 is 0 Å². The molecule has 1 rings (SSSR count). The molecule has 0 bridgehead atoms. The fraction of sp³-hybridized carbons (Fsp3) is 1.00. The second-order valence-corrected chi connectivity index (χ2v) is 4.72. The van der Waals surface area contributed by atoms with Crippen LogP contribution in [-0.4, -0.2) is 87.3 Å². The highest BCUT2D eigenvalue weighted by Gasteiger charge is 2.35. The third kappa shape index (κ3) is 2.25. The summed E-state index contributed by atoms with van der Waals surface area (Å²) in [6.45, 7) is 2.29. The molecule has 1 saturated heterocycles. The first-order valence-corrected chi connectivity index (χ1v) is 5.18. The normalized spacial score (nSPS) is 31.7. The van der Waals surface area contributed by atoms with Gasteiger partial charge in [0.25, 0.3) is 0 Å². The third-order valence-corrected chi connectivity index (χ3v) is 3.03. The van der Waals surface area contributed by atoms with Crippen molar-refractivity contribution in [3.05, 3.63) is 0 Å². The molecule has 2 atom stereocenters. The Kier molecular flexibility index (Phi) is 3.89. The van der Waals surface area contributed by atoms with Crippen molar-refractivity contribution < 1.29 is 0 Å². The van der Waals surface area contributed by atoms with Crippen LogP contribution >= 0.6 is 0 Å². The molecule has 0 N–H and O–H groups in total. The van der Waals surface area contributed by atoms with Gasteiger partial charge in [0.2, 0.25) is 0 Å². The number of nitrogens with zero attached hydrogens (tertiary/aromatic N) is 4. The van der Waals surface area contributed by atoms with Gasteiger partial charge >= 0.3 is 0 Å². The zero-order valence-corrected chi connectivity index (χ0v) is 10.4. The molecule has 84 valence electrons. The number of rotatable bonds is 2. The summed E-state index contributed by atoms with van der Waals surface area (Å²) >= 11 is 0. The van der Waals surface area contributed by atoms with E-state index in [0.717, 1.165) is 13.1 Å². The van der Waals surface area contributed by atoms with Crippen molar-refractivity contribution in [1.29, 1.82) is 0 Å². The van der Waals surface area contributed by atoms with Crippen LogP contribution in [0.15, 0.2) is 0 Å². The first-order valence-electron chi connectivity index (χ1n) is 5.18. The summed E-state index contributed by atoms with van der Waals surface area (Å²) in [7, 11) is 13.0. The lowest BCUT2D eigenvalue weighted by atomic mass is 10.2. The highest BCUT2D eigenvalue weighted by atomic mass is 15.5. The van der Waals surface area contributed by atoms with Crippen LogP contribution in [-0.2, 0) is 0 Å². The zero-order valence-electron chi connectivity index (χ0n) is 10.4. The van der Waals surface area contributed by atoms with E-state index in [4.69, 9.17) is 0 Å². The summed E-state index contributed by atoms with van der Waals surface area (Å²) in [5.41, 5.74) is 0. The van der Waals surface area contributed by atoms with Crippen LogP contribution in [0.4, 0.5) is 0 Å². The summed E-state index contributed by atoms with van der Waals surface area (Å²) in [5, 5.41) is 0. The summed E-state index contributed by atoms with van der Waals surface area (Å²) in [6, 6.07) is 0. The minimum Gasteiger partial charge on any atom is -0.292 e. The van der Waals surface area contributed by atoms with Crippen molar-refractivity contribution in [1.82, 2.24) is 19.6 Å². The Hall–Kier alpha value is -0.160. The van der Waals surface area contributed by atoms with Gasteiger partial charge in [-0.25, -0.2) is 0 Å². The first kappa shape index (κ1) is 11.9. The molecule has 14 heavy (non-hydrogen) atoms. The SMILES string of the molecule is CN(C)[C@H]1[C@@H](N(C)C)N(C)CCN1C. The Morgan fingerprint density at radius 2 is 1.07 bits per heavy atom. The van der Waals surface area contributed by atoms with Crippen LogP contribution in [0.5, 0.6) is 0 Å². The molecule has 0 aromatic rings. The summed E-state index contributed by atoms with van der Waals surface area (Å²) < 4.78 is 0. The van der Waals surface area contributed by atoms with Crippen molar-refractivity contribution in [2.75, 3.05) is 55.4 Å². The number of likely N-dealkylation sites (N-methyl/N-ethyl adjacent to an activating group) is 4. The smallest absolute Gasteiger partial charge is 0.0914 e. The van der Waals surface area contributed by atoms with Gasteiger partial charge in [0, 0.05) is 13.1 Å². The Morgan fingerprint density at radius 1 is 0.786 bits per heavy atom. The van der Waals surface area contributed by atoms with E-state index >= 15 is 0 Å². The van der Waals surface area contributed by atoms with E-state index in [2.05, 4.69) is 61.9 Å². The minimum atomic E-state index is 0.476. The monoisotopic (exact) mass is 200 g/mol. The molecule has 0 radical (unpaired) electrons. The van der Waals surface area contributed by atoms with Crippen molar-refractivity contribution in [2.45, 2.75) is 12.3 Å². The van der Waals surface area contributed by atoms with Crippen molar-refractivity contribution >= 4 is 0 Å². The number of hydrogen-bond acceptors (Lipinski definition) is 4. The summed E-state index contributed by atoms with van der Waals surface area (Å²) in [5.74, 6) is 0. The molecule has 0 aromatic carbocycles. The predicted octanol–water partition coefficient (Wildman–Crippen LogP) is -0.361. The summed E-state index contributed by atoms with van der Waals surface area (Å²) in [6.07, 6.45) is 0.951. The largest absolute Gasteiger partial charge is 0.292 e. The van der Waals surface area contributed by atoms with Gasteiger partial charge in [-0.15, -0.1) is 0 Å². The molecular formula is C10H24N4. The molecule has 4 heteroatoms. The van der Waals surface area contributed by atoms with Crippen LogP contribution in [0.2, 0.25) is 0 Å². The maximum atomic E-state index is 2.42. The third-order valence-electron chi connectivity index (χ3n) is 3.03. The van der Waals surface area contributed by atoms with Gasteiger partial charge in [0.05, 0.1) is 12.3 Å². The van der Waals surface area contributed by atoms with E-state index in [9.17, 15) is 0 Å². The first-order chi connectivity index (χ1) is 6.45. The number of piperazine rings is 1. The molecule has 1 aliphatic heterocycles. The fourth-order valence-corrected chi connectivity index (χ4v) is 2.36. The van der Waals surface area contributed by atoms with Crippen molar-refractivity contribution in [2.24, 2.45) is 0 Å². The molecule has 0 aliphatic carbocycles. The van der Waals surface area contributed by atoms with E-state index in [0.29, 0.717) is 12.3 Å². The molecule has 0 aromatic heterocycles. The lowest BCUT2D eigenvalue weighted by molar-refractivity contribution is -0.0766. The molecule has 1 heterocycles. The Bertz CT molecular complexity index is 161. The Labute approximate surface area is 88.1 Å². The molecule has 0 saturated carbocycles. The molecule has 1 fully saturated rings. The Balaban J connectivity index is 2.81. The van der Waals surface area contributed by atoms with Crippen molar-refractivity contribution in [3.63, 3.8) is 0 Å². The van der Waals surface area contributed by atoms with Gasteiger partial charge in [-0.1, -0.05) is 0 Å². The average Bonchev–Trinajstić information content (AvgIpc) is 2.07. The maximum absolute atomic E-state index is 2.42. The standard InChI is InChI=1S/C10H24N4/c1-11(2)9-10(12(3)4)14(6)8-7-13(9)5/h9-10H,7-8H2,1-6H3/t9-,10+.